The van der Waals surface area contributed by atoms with Crippen molar-refractivity contribution in [2.24, 2.45) is 0 Å². The van der Waals surface area contributed by atoms with Gasteiger partial charge in [0.2, 0.25) is 0 Å². The minimum absolute atomic E-state index is 0.331. The average Bonchev–Trinajstić information content (AvgIpc) is 2.42. The lowest BCUT2D eigenvalue weighted by atomic mass is 10.1. The van der Waals surface area contributed by atoms with Crippen molar-refractivity contribution < 1.29 is 8.78 Å². The number of benzene rings is 1. The second-order valence-corrected chi connectivity index (χ2v) is 4.41. The minimum atomic E-state index is -0.918. The van der Waals surface area contributed by atoms with E-state index in [0.717, 1.165) is 36.4 Å². The molecule has 1 aromatic carbocycles. The van der Waals surface area contributed by atoms with E-state index in [1.54, 1.807) is 0 Å². The molecule has 0 fully saturated rings. The molecule has 0 atom stereocenters. The van der Waals surface area contributed by atoms with E-state index < -0.39 is 11.6 Å². The molecule has 2 heterocycles. The van der Waals surface area contributed by atoms with E-state index in [1.165, 1.54) is 6.07 Å². The Morgan fingerprint density at radius 1 is 1.16 bits per heavy atom. The highest BCUT2D eigenvalue weighted by Crippen LogP contribution is 2.23. The summed E-state index contributed by atoms with van der Waals surface area (Å²) in [5, 5.41) is 3.19. The Labute approximate surface area is 108 Å². The van der Waals surface area contributed by atoms with Gasteiger partial charge in [-0.15, -0.1) is 0 Å². The molecule has 0 spiro atoms. The number of fused-ring (bicyclic) bond motifs is 1. The topological polar surface area (TPSA) is 63.8 Å². The Morgan fingerprint density at radius 3 is 2.79 bits per heavy atom. The Morgan fingerprint density at radius 2 is 2.00 bits per heavy atom. The fourth-order valence-electron chi connectivity index (χ4n) is 2.13. The van der Waals surface area contributed by atoms with E-state index in [1.807, 2.05) is 0 Å². The molecule has 0 bridgehead atoms. The standard InChI is InChI=1S/C13H12F2N4/c14-9-2-1-7(5-10(9)15)13-18-11-3-4-17-6-8(11)12(16)19-13/h1-2,5,17H,3-4,6H2,(H2,16,18,19). The first-order valence-electron chi connectivity index (χ1n) is 5.96. The van der Waals surface area contributed by atoms with Crippen LogP contribution in [0.1, 0.15) is 11.3 Å². The van der Waals surface area contributed by atoms with Crippen molar-refractivity contribution >= 4 is 5.82 Å². The maximum Gasteiger partial charge on any atom is 0.161 e. The zero-order valence-corrected chi connectivity index (χ0v) is 10.1. The van der Waals surface area contributed by atoms with E-state index >= 15 is 0 Å². The van der Waals surface area contributed by atoms with E-state index in [4.69, 9.17) is 5.73 Å². The molecule has 0 unspecified atom stereocenters. The average molecular weight is 262 g/mol. The minimum Gasteiger partial charge on any atom is -0.383 e. The highest BCUT2D eigenvalue weighted by Gasteiger charge is 2.17. The van der Waals surface area contributed by atoms with Crippen molar-refractivity contribution in [1.82, 2.24) is 15.3 Å². The number of nitrogen functional groups attached to an aromatic ring is 1. The number of nitrogens with one attached hydrogen (secondary N) is 1. The second-order valence-electron chi connectivity index (χ2n) is 4.41. The number of halogens is 2. The number of nitrogens with two attached hydrogens (primary N) is 1. The predicted molar refractivity (Wildman–Crippen MR) is 67.2 cm³/mol. The molecule has 2 aromatic rings. The molecule has 0 saturated heterocycles. The molecule has 0 saturated carbocycles. The van der Waals surface area contributed by atoms with Crippen molar-refractivity contribution in [2.45, 2.75) is 13.0 Å². The number of rotatable bonds is 1. The first kappa shape index (κ1) is 12.0. The third kappa shape index (κ3) is 2.15. The summed E-state index contributed by atoms with van der Waals surface area (Å²) in [6.45, 7) is 1.46. The van der Waals surface area contributed by atoms with Crippen molar-refractivity contribution in [3.05, 3.63) is 41.1 Å². The molecule has 4 nitrogen and oxygen atoms in total. The van der Waals surface area contributed by atoms with Gasteiger partial charge < -0.3 is 11.1 Å². The molecule has 0 aliphatic carbocycles. The third-order valence-corrected chi connectivity index (χ3v) is 3.14. The van der Waals surface area contributed by atoms with Crippen LogP contribution in [-0.4, -0.2) is 16.5 Å². The number of aromatic nitrogens is 2. The van der Waals surface area contributed by atoms with E-state index in [0.29, 0.717) is 23.8 Å². The van der Waals surface area contributed by atoms with Crippen LogP contribution in [0.4, 0.5) is 14.6 Å². The third-order valence-electron chi connectivity index (χ3n) is 3.14. The van der Waals surface area contributed by atoms with Crippen LogP contribution in [0.15, 0.2) is 18.2 Å². The van der Waals surface area contributed by atoms with Gasteiger partial charge in [-0.05, 0) is 18.2 Å². The predicted octanol–water partition coefficient (Wildman–Crippen LogP) is 1.65. The number of anilines is 1. The number of hydrogen-bond acceptors (Lipinski definition) is 4. The summed E-state index contributed by atoms with van der Waals surface area (Å²) in [6.07, 6.45) is 0.749. The van der Waals surface area contributed by atoms with Crippen LogP contribution in [0.2, 0.25) is 0 Å². The summed E-state index contributed by atoms with van der Waals surface area (Å²) in [6, 6.07) is 3.59. The van der Waals surface area contributed by atoms with E-state index in [9.17, 15) is 8.78 Å². The molecular formula is C13H12F2N4. The number of hydrogen-bond donors (Lipinski definition) is 2. The lowest BCUT2D eigenvalue weighted by Crippen LogP contribution is -2.26. The Kier molecular flexibility index (Phi) is 2.87. The molecule has 3 rings (SSSR count). The monoisotopic (exact) mass is 262 g/mol. The molecule has 1 aliphatic heterocycles. The van der Waals surface area contributed by atoms with Gasteiger partial charge >= 0.3 is 0 Å². The quantitative estimate of drug-likeness (QED) is 0.820. The van der Waals surface area contributed by atoms with Crippen LogP contribution in [-0.2, 0) is 13.0 Å². The van der Waals surface area contributed by atoms with Crippen LogP contribution >= 0.6 is 0 Å². The molecule has 0 radical (unpaired) electrons. The fraction of sp³-hybridized carbons (Fsp3) is 0.231. The second kappa shape index (κ2) is 4.55. The van der Waals surface area contributed by atoms with Crippen LogP contribution in [0, 0.1) is 11.6 Å². The van der Waals surface area contributed by atoms with E-state index in [2.05, 4.69) is 15.3 Å². The molecule has 98 valence electrons. The number of nitrogens with zero attached hydrogens (tertiary/aromatic N) is 2. The Hall–Kier alpha value is -2.08. The summed E-state index contributed by atoms with van der Waals surface area (Å²) in [5.41, 5.74) is 8.06. The normalized spacial score (nSPS) is 14.2. The molecule has 6 heteroatoms. The smallest absolute Gasteiger partial charge is 0.161 e. The highest BCUT2D eigenvalue weighted by atomic mass is 19.2. The largest absolute Gasteiger partial charge is 0.383 e. The van der Waals surface area contributed by atoms with Crippen LogP contribution < -0.4 is 11.1 Å². The Bertz CT molecular complexity index is 643. The van der Waals surface area contributed by atoms with Gasteiger partial charge in [-0.3, -0.25) is 0 Å². The first-order valence-corrected chi connectivity index (χ1v) is 5.96. The zero-order chi connectivity index (χ0) is 13.4. The van der Waals surface area contributed by atoms with Gasteiger partial charge in [0.15, 0.2) is 17.5 Å². The van der Waals surface area contributed by atoms with Gasteiger partial charge in [-0.25, -0.2) is 18.7 Å². The summed E-state index contributed by atoms with van der Waals surface area (Å²) in [7, 11) is 0. The lowest BCUT2D eigenvalue weighted by Gasteiger charge is -2.18. The van der Waals surface area contributed by atoms with E-state index in [-0.39, 0.29) is 0 Å². The molecule has 3 N–H and O–H groups in total. The summed E-state index contributed by atoms with van der Waals surface area (Å²) in [5.74, 6) is -1.09. The van der Waals surface area contributed by atoms with Gasteiger partial charge in [-0.2, -0.15) is 0 Å². The molecule has 0 amide bonds. The Balaban J connectivity index is 2.10. The van der Waals surface area contributed by atoms with Crippen LogP contribution in [0.5, 0.6) is 0 Å². The SMILES string of the molecule is Nc1nc(-c2ccc(F)c(F)c2)nc2c1CNCC2. The van der Waals surface area contributed by atoms with Crippen molar-refractivity contribution in [3.8, 4) is 11.4 Å². The van der Waals surface area contributed by atoms with Gasteiger partial charge in [0.1, 0.15) is 5.82 Å². The summed E-state index contributed by atoms with van der Waals surface area (Å²) < 4.78 is 26.2. The molecule has 1 aliphatic rings. The zero-order valence-electron chi connectivity index (χ0n) is 10.1. The van der Waals surface area contributed by atoms with Crippen molar-refractivity contribution in [1.29, 1.82) is 0 Å². The molecule has 1 aromatic heterocycles. The maximum atomic E-state index is 13.2. The molecule has 19 heavy (non-hydrogen) atoms. The van der Waals surface area contributed by atoms with Crippen molar-refractivity contribution in [3.63, 3.8) is 0 Å². The van der Waals surface area contributed by atoms with Crippen LogP contribution in [0.3, 0.4) is 0 Å². The van der Waals surface area contributed by atoms with Gasteiger partial charge in [0.05, 0.1) is 5.69 Å². The summed E-state index contributed by atoms with van der Waals surface area (Å²) in [4.78, 5) is 8.56. The van der Waals surface area contributed by atoms with Gasteiger partial charge in [0, 0.05) is 30.6 Å². The van der Waals surface area contributed by atoms with Gasteiger partial charge in [0.25, 0.3) is 0 Å². The lowest BCUT2D eigenvalue weighted by molar-refractivity contribution is 0.509. The maximum absolute atomic E-state index is 13.2. The van der Waals surface area contributed by atoms with Crippen molar-refractivity contribution in [2.75, 3.05) is 12.3 Å². The van der Waals surface area contributed by atoms with Crippen LogP contribution in [0.25, 0.3) is 11.4 Å². The fourth-order valence-corrected chi connectivity index (χ4v) is 2.13. The molecular weight excluding hydrogens is 250 g/mol. The first-order chi connectivity index (χ1) is 9.15. The van der Waals surface area contributed by atoms with Gasteiger partial charge in [-0.1, -0.05) is 0 Å². The summed E-state index contributed by atoms with van der Waals surface area (Å²) >= 11 is 0. The highest BCUT2D eigenvalue weighted by molar-refractivity contribution is 5.59.